The molecule has 21 heavy (non-hydrogen) atoms. The zero-order valence-electron chi connectivity index (χ0n) is 11.6. The van der Waals surface area contributed by atoms with Gasteiger partial charge in [0.15, 0.2) is 0 Å². The Balaban J connectivity index is 1.71. The largest absolute Gasteiger partial charge is 0.399 e. The van der Waals surface area contributed by atoms with Crippen LogP contribution >= 0.6 is 22.7 Å². The Labute approximate surface area is 131 Å². The number of hydrogen-bond acceptors (Lipinski definition) is 4. The van der Waals surface area contributed by atoms with E-state index in [1.165, 1.54) is 16.2 Å². The third-order valence-electron chi connectivity index (χ3n) is 3.23. The summed E-state index contributed by atoms with van der Waals surface area (Å²) in [5, 5.41) is 6.14. The monoisotopic (exact) mass is 316 g/mol. The fourth-order valence-corrected chi connectivity index (χ4v) is 4.03. The number of benzene rings is 1. The number of carbonyl (C=O) groups excluding carboxylic acids is 1. The Hall–Kier alpha value is -1.85. The number of hydrogen-bond donors (Lipinski definition) is 2. The summed E-state index contributed by atoms with van der Waals surface area (Å²) in [5.41, 5.74) is 6.49. The predicted molar refractivity (Wildman–Crippen MR) is 91.2 cm³/mol. The molecule has 1 aromatic carbocycles. The zero-order chi connectivity index (χ0) is 14.8. The fraction of sp³-hybridized carbons (Fsp3) is 0.188. The smallest absolute Gasteiger partial charge is 0.261 e. The Kier molecular flexibility index (Phi) is 3.94. The lowest BCUT2D eigenvalue weighted by atomic mass is 10.2. The molecule has 1 atom stereocenters. The molecule has 0 aliphatic heterocycles. The van der Waals surface area contributed by atoms with E-state index in [0.717, 1.165) is 27.1 Å². The van der Waals surface area contributed by atoms with Crippen LogP contribution in [-0.2, 0) is 6.42 Å². The van der Waals surface area contributed by atoms with Crippen molar-refractivity contribution in [3.05, 3.63) is 51.5 Å². The number of amides is 1. The topological polar surface area (TPSA) is 55.1 Å². The standard InChI is InChI=1S/C16H16N2OS2/c1-10(7-13-3-2-6-20-13)18-16(19)15-9-11-8-12(17)4-5-14(11)21-15/h2-6,8-10H,7,17H2,1H3,(H,18,19). The van der Waals surface area contributed by atoms with E-state index < -0.39 is 0 Å². The van der Waals surface area contributed by atoms with Crippen molar-refractivity contribution in [2.75, 3.05) is 5.73 Å². The van der Waals surface area contributed by atoms with Crippen molar-refractivity contribution < 1.29 is 4.79 Å². The van der Waals surface area contributed by atoms with Crippen LogP contribution in [0.25, 0.3) is 10.1 Å². The summed E-state index contributed by atoms with van der Waals surface area (Å²) < 4.78 is 1.08. The van der Waals surface area contributed by atoms with Crippen molar-refractivity contribution in [3.63, 3.8) is 0 Å². The first kappa shape index (κ1) is 14.1. The molecule has 2 aromatic heterocycles. The first-order chi connectivity index (χ1) is 10.1. The highest BCUT2D eigenvalue weighted by molar-refractivity contribution is 7.20. The van der Waals surface area contributed by atoms with Crippen LogP contribution in [0.2, 0.25) is 0 Å². The highest BCUT2D eigenvalue weighted by atomic mass is 32.1. The van der Waals surface area contributed by atoms with Gasteiger partial charge in [0, 0.05) is 27.7 Å². The predicted octanol–water partition coefficient (Wildman–Crippen LogP) is 3.91. The summed E-state index contributed by atoms with van der Waals surface area (Å²) in [6.45, 7) is 2.03. The van der Waals surface area contributed by atoms with Gasteiger partial charge in [0.2, 0.25) is 0 Å². The van der Waals surface area contributed by atoms with Crippen LogP contribution in [0.15, 0.2) is 41.8 Å². The SMILES string of the molecule is CC(Cc1cccs1)NC(=O)c1cc2cc(N)ccc2s1. The minimum atomic E-state index is -0.0150. The van der Waals surface area contributed by atoms with Crippen molar-refractivity contribution in [2.24, 2.45) is 0 Å². The summed E-state index contributed by atoms with van der Waals surface area (Å²) in [4.78, 5) is 14.3. The van der Waals surface area contributed by atoms with Crippen molar-refractivity contribution in [2.45, 2.75) is 19.4 Å². The molecule has 3 rings (SSSR count). The van der Waals surface area contributed by atoms with E-state index in [9.17, 15) is 4.79 Å². The second-order valence-electron chi connectivity index (χ2n) is 5.07. The third-order valence-corrected chi connectivity index (χ3v) is 5.24. The molecule has 0 aliphatic carbocycles. The van der Waals surface area contributed by atoms with Crippen LogP contribution in [0.4, 0.5) is 5.69 Å². The maximum Gasteiger partial charge on any atom is 0.261 e. The van der Waals surface area contributed by atoms with Crippen LogP contribution in [0, 0.1) is 0 Å². The summed E-state index contributed by atoms with van der Waals surface area (Å²) in [7, 11) is 0. The van der Waals surface area contributed by atoms with Crippen LogP contribution in [0.5, 0.6) is 0 Å². The number of rotatable bonds is 4. The molecule has 0 saturated heterocycles. The van der Waals surface area contributed by atoms with Crippen LogP contribution in [0.3, 0.4) is 0 Å². The van der Waals surface area contributed by atoms with Gasteiger partial charge >= 0.3 is 0 Å². The van der Waals surface area contributed by atoms with Crippen LogP contribution in [0.1, 0.15) is 21.5 Å². The van der Waals surface area contributed by atoms with Crippen LogP contribution in [-0.4, -0.2) is 11.9 Å². The van der Waals surface area contributed by atoms with Gasteiger partial charge in [-0.1, -0.05) is 6.07 Å². The Bertz CT molecular complexity index is 762. The summed E-state index contributed by atoms with van der Waals surface area (Å²) in [6, 6.07) is 11.9. The number of thiophene rings is 2. The van der Waals surface area contributed by atoms with Gasteiger partial charge in [0.1, 0.15) is 0 Å². The number of anilines is 1. The van der Waals surface area contributed by atoms with E-state index in [1.807, 2.05) is 37.3 Å². The van der Waals surface area contributed by atoms with Gasteiger partial charge in [-0.25, -0.2) is 0 Å². The molecule has 0 fully saturated rings. The average molecular weight is 316 g/mol. The molecular formula is C16H16N2OS2. The normalized spacial score (nSPS) is 12.4. The third kappa shape index (κ3) is 3.25. The van der Waals surface area contributed by atoms with Crippen molar-refractivity contribution in [3.8, 4) is 0 Å². The minimum absolute atomic E-state index is 0.0150. The molecule has 1 unspecified atom stereocenters. The summed E-state index contributed by atoms with van der Waals surface area (Å²) >= 11 is 3.22. The van der Waals surface area contributed by atoms with Gasteiger partial charge in [-0.15, -0.1) is 22.7 Å². The molecule has 0 aliphatic rings. The lowest BCUT2D eigenvalue weighted by molar-refractivity contribution is 0.0944. The highest BCUT2D eigenvalue weighted by Crippen LogP contribution is 2.27. The molecule has 0 spiro atoms. The molecule has 3 N–H and O–H groups in total. The second-order valence-corrected chi connectivity index (χ2v) is 7.18. The number of nitrogen functional groups attached to an aromatic ring is 1. The average Bonchev–Trinajstić information content (AvgIpc) is 3.06. The van der Waals surface area contributed by atoms with E-state index in [1.54, 1.807) is 11.3 Å². The summed E-state index contributed by atoms with van der Waals surface area (Å²) in [6.07, 6.45) is 0.862. The Morgan fingerprint density at radius 1 is 1.33 bits per heavy atom. The van der Waals surface area contributed by atoms with Gasteiger partial charge in [-0.2, -0.15) is 0 Å². The first-order valence-electron chi connectivity index (χ1n) is 6.74. The zero-order valence-corrected chi connectivity index (χ0v) is 13.3. The van der Waals surface area contributed by atoms with E-state index in [0.29, 0.717) is 0 Å². The molecular weight excluding hydrogens is 300 g/mol. The molecule has 3 nitrogen and oxygen atoms in total. The number of nitrogens with two attached hydrogens (primary N) is 1. The van der Waals surface area contributed by atoms with E-state index in [4.69, 9.17) is 5.73 Å². The molecule has 5 heteroatoms. The molecule has 3 aromatic rings. The van der Waals surface area contributed by atoms with E-state index in [2.05, 4.69) is 16.8 Å². The van der Waals surface area contributed by atoms with Gasteiger partial charge in [-0.3, -0.25) is 4.79 Å². The molecule has 0 saturated carbocycles. The van der Waals surface area contributed by atoms with Gasteiger partial charge in [0.25, 0.3) is 5.91 Å². The highest BCUT2D eigenvalue weighted by Gasteiger charge is 2.13. The minimum Gasteiger partial charge on any atom is -0.399 e. The number of nitrogens with one attached hydrogen (secondary N) is 1. The van der Waals surface area contributed by atoms with Gasteiger partial charge in [-0.05, 0) is 48.0 Å². The molecule has 108 valence electrons. The Morgan fingerprint density at radius 2 is 2.19 bits per heavy atom. The van der Waals surface area contributed by atoms with E-state index in [-0.39, 0.29) is 11.9 Å². The van der Waals surface area contributed by atoms with Gasteiger partial charge < -0.3 is 11.1 Å². The van der Waals surface area contributed by atoms with Crippen molar-refractivity contribution in [1.29, 1.82) is 0 Å². The van der Waals surface area contributed by atoms with Gasteiger partial charge in [0.05, 0.1) is 4.88 Å². The van der Waals surface area contributed by atoms with E-state index >= 15 is 0 Å². The second kappa shape index (κ2) is 5.87. The molecule has 2 heterocycles. The first-order valence-corrected chi connectivity index (χ1v) is 8.44. The lowest BCUT2D eigenvalue weighted by Gasteiger charge is -2.11. The maximum atomic E-state index is 12.3. The quantitative estimate of drug-likeness (QED) is 0.717. The number of carbonyl (C=O) groups is 1. The van der Waals surface area contributed by atoms with Crippen molar-refractivity contribution in [1.82, 2.24) is 5.32 Å². The maximum absolute atomic E-state index is 12.3. The lowest BCUT2D eigenvalue weighted by Crippen LogP contribution is -2.33. The number of fused-ring (bicyclic) bond motifs is 1. The Morgan fingerprint density at radius 3 is 2.95 bits per heavy atom. The van der Waals surface area contributed by atoms with Crippen LogP contribution < -0.4 is 11.1 Å². The van der Waals surface area contributed by atoms with Crippen molar-refractivity contribution >= 4 is 44.4 Å². The molecule has 0 radical (unpaired) electrons. The fourth-order valence-electron chi connectivity index (χ4n) is 2.25. The summed E-state index contributed by atoms with van der Waals surface area (Å²) in [5.74, 6) is -0.0150. The molecule has 0 bridgehead atoms. The molecule has 1 amide bonds.